The summed E-state index contributed by atoms with van der Waals surface area (Å²) in [6, 6.07) is 0.764. The molecule has 0 amide bonds. The number of hydrogen-bond acceptors (Lipinski definition) is 4. The van der Waals surface area contributed by atoms with Crippen LogP contribution in [-0.2, 0) is 4.74 Å². The van der Waals surface area contributed by atoms with Gasteiger partial charge >= 0.3 is 0 Å². The molecule has 0 aromatic rings. The summed E-state index contributed by atoms with van der Waals surface area (Å²) in [5, 5.41) is 3.35. The number of nitrogens with one attached hydrogen (secondary N) is 1. The second kappa shape index (κ2) is 7.02. The van der Waals surface area contributed by atoms with Gasteiger partial charge in [0.25, 0.3) is 0 Å². The van der Waals surface area contributed by atoms with Crippen LogP contribution in [0.5, 0.6) is 0 Å². The summed E-state index contributed by atoms with van der Waals surface area (Å²) in [5.41, 5.74) is 0.411. The molecule has 0 aromatic carbocycles. The van der Waals surface area contributed by atoms with Crippen LogP contribution in [0.1, 0.15) is 26.7 Å². The van der Waals surface area contributed by atoms with Crippen LogP contribution in [-0.4, -0.2) is 75.4 Å². The fourth-order valence-electron chi connectivity index (χ4n) is 3.46. The lowest BCUT2D eigenvalue weighted by Gasteiger charge is -2.35. The van der Waals surface area contributed by atoms with Gasteiger partial charge in [0.1, 0.15) is 0 Å². The maximum atomic E-state index is 5.45. The topological polar surface area (TPSA) is 27.7 Å². The van der Waals surface area contributed by atoms with Crippen LogP contribution in [0.2, 0.25) is 0 Å². The molecule has 112 valence electrons. The van der Waals surface area contributed by atoms with Gasteiger partial charge in [-0.2, -0.15) is 0 Å². The van der Waals surface area contributed by atoms with Gasteiger partial charge in [0, 0.05) is 38.8 Å². The van der Waals surface area contributed by atoms with Crippen LogP contribution < -0.4 is 5.32 Å². The summed E-state index contributed by atoms with van der Waals surface area (Å²) in [4.78, 5) is 5.30. The van der Waals surface area contributed by atoms with Crippen molar-refractivity contribution in [3.05, 3.63) is 0 Å². The lowest BCUT2D eigenvalue weighted by Crippen LogP contribution is -2.46. The normalized spacial score (nSPS) is 29.5. The van der Waals surface area contributed by atoms with Gasteiger partial charge in [0.05, 0.1) is 13.2 Å². The largest absolute Gasteiger partial charge is 0.379 e. The van der Waals surface area contributed by atoms with Crippen LogP contribution in [0.15, 0.2) is 0 Å². The SMILES string of the molecule is CCC(C)(CNC)CN1CCC(N2CCOCC2)C1. The van der Waals surface area contributed by atoms with Gasteiger partial charge in [0.2, 0.25) is 0 Å². The lowest BCUT2D eigenvalue weighted by atomic mass is 9.87. The highest BCUT2D eigenvalue weighted by Gasteiger charge is 2.32. The van der Waals surface area contributed by atoms with E-state index in [9.17, 15) is 0 Å². The second-order valence-electron chi connectivity index (χ2n) is 6.52. The standard InChI is InChI=1S/C15H31N3O/c1-4-15(2,12-16-3)13-17-6-5-14(11-17)18-7-9-19-10-8-18/h14,16H,4-13H2,1-3H3. The van der Waals surface area contributed by atoms with Crippen molar-refractivity contribution in [3.63, 3.8) is 0 Å². The highest BCUT2D eigenvalue weighted by atomic mass is 16.5. The lowest BCUT2D eigenvalue weighted by molar-refractivity contribution is 0.0176. The van der Waals surface area contributed by atoms with Crippen LogP contribution in [0.3, 0.4) is 0 Å². The third-order valence-corrected chi connectivity index (χ3v) is 4.87. The molecule has 2 aliphatic rings. The molecule has 2 fully saturated rings. The van der Waals surface area contributed by atoms with Crippen molar-refractivity contribution in [1.82, 2.24) is 15.1 Å². The first-order chi connectivity index (χ1) is 9.17. The van der Waals surface area contributed by atoms with Crippen molar-refractivity contribution in [2.24, 2.45) is 5.41 Å². The molecule has 0 saturated carbocycles. The molecule has 19 heavy (non-hydrogen) atoms. The van der Waals surface area contributed by atoms with Gasteiger partial charge in [-0.3, -0.25) is 4.90 Å². The molecule has 2 unspecified atom stereocenters. The molecule has 4 heteroatoms. The fraction of sp³-hybridized carbons (Fsp3) is 1.00. The summed E-state index contributed by atoms with van der Waals surface area (Å²) < 4.78 is 5.45. The van der Waals surface area contributed by atoms with E-state index in [0.29, 0.717) is 5.41 Å². The molecular weight excluding hydrogens is 238 g/mol. The minimum atomic E-state index is 0.411. The van der Waals surface area contributed by atoms with Crippen LogP contribution >= 0.6 is 0 Å². The van der Waals surface area contributed by atoms with E-state index in [0.717, 1.165) is 38.9 Å². The molecule has 2 saturated heterocycles. The van der Waals surface area contributed by atoms with Gasteiger partial charge in [-0.15, -0.1) is 0 Å². The van der Waals surface area contributed by atoms with Gasteiger partial charge in [-0.1, -0.05) is 13.8 Å². The van der Waals surface area contributed by atoms with E-state index in [1.807, 2.05) is 0 Å². The van der Waals surface area contributed by atoms with E-state index in [1.54, 1.807) is 0 Å². The quantitative estimate of drug-likeness (QED) is 0.779. The number of morpholine rings is 1. The Morgan fingerprint density at radius 2 is 2.00 bits per heavy atom. The van der Waals surface area contributed by atoms with Crippen molar-refractivity contribution < 1.29 is 4.74 Å². The predicted octanol–water partition coefficient (Wildman–Crippen LogP) is 1.03. The van der Waals surface area contributed by atoms with Crippen molar-refractivity contribution >= 4 is 0 Å². The minimum absolute atomic E-state index is 0.411. The number of likely N-dealkylation sites (tertiary alicyclic amines) is 1. The van der Waals surface area contributed by atoms with Crippen LogP contribution in [0, 0.1) is 5.41 Å². The Morgan fingerprint density at radius 1 is 1.26 bits per heavy atom. The van der Waals surface area contributed by atoms with Crippen LogP contribution in [0.4, 0.5) is 0 Å². The van der Waals surface area contributed by atoms with E-state index in [4.69, 9.17) is 4.74 Å². The zero-order valence-corrected chi connectivity index (χ0v) is 13.0. The number of rotatable bonds is 6. The maximum Gasteiger partial charge on any atom is 0.0594 e. The summed E-state index contributed by atoms with van der Waals surface area (Å²) in [6.45, 7) is 13.7. The molecular formula is C15H31N3O. The third-order valence-electron chi connectivity index (χ3n) is 4.87. The number of nitrogens with zero attached hydrogens (tertiary/aromatic N) is 2. The van der Waals surface area contributed by atoms with E-state index in [2.05, 4.69) is 36.0 Å². The predicted molar refractivity (Wildman–Crippen MR) is 79.6 cm³/mol. The molecule has 2 aliphatic heterocycles. The minimum Gasteiger partial charge on any atom is -0.379 e. The maximum absolute atomic E-state index is 5.45. The van der Waals surface area contributed by atoms with E-state index >= 15 is 0 Å². The molecule has 4 nitrogen and oxygen atoms in total. The van der Waals surface area contributed by atoms with Gasteiger partial charge in [0.15, 0.2) is 0 Å². The van der Waals surface area contributed by atoms with E-state index < -0.39 is 0 Å². The van der Waals surface area contributed by atoms with Gasteiger partial charge in [-0.25, -0.2) is 0 Å². The van der Waals surface area contributed by atoms with Crippen molar-refractivity contribution in [3.8, 4) is 0 Å². The molecule has 2 rings (SSSR count). The summed E-state index contributed by atoms with van der Waals surface area (Å²) in [5.74, 6) is 0. The monoisotopic (exact) mass is 269 g/mol. The fourth-order valence-corrected chi connectivity index (χ4v) is 3.46. The highest BCUT2D eigenvalue weighted by Crippen LogP contribution is 2.25. The van der Waals surface area contributed by atoms with Gasteiger partial charge in [-0.05, 0) is 31.8 Å². The average molecular weight is 269 g/mol. The second-order valence-corrected chi connectivity index (χ2v) is 6.52. The van der Waals surface area contributed by atoms with Crippen molar-refractivity contribution in [2.45, 2.75) is 32.7 Å². The smallest absolute Gasteiger partial charge is 0.0594 e. The Morgan fingerprint density at radius 3 is 2.63 bits per heavy atom. The van der Waals surface area contributed by atoms with Crippen LogP contribution in [0.25, 0.3) is 0 Å². The van der Waals surface area contributed by atoms with Crippen molar-refractivity contribution in [2.75, 3.05) is 59.5 Å². The molecule has 2 heterocycles. The highest BCUT2D eigenvalue weighted by molar-refractivity contribution is 4.88. The Bertz CT molecular complexity index is 268. The molecule has 0 radical (unpaired) electrons. The Labute approximate surface area is 118 Å². The Hall–Kier alpha value is -0.160. The zero-order valence-electron chi connectivity index (χ0n) is 13.0. The van der Waals surface area contributed by atoms with E-state index in [1.165, 1.54) is 32.5 Å². The van der Waals surface area contributed by atoms with Crippen molar-refractivity contribution in [1.29, 1.82) is 0 Å². The Balaban J connectivity index is 1.80. The Kier molecular flexibility index (Phi) is 5.63. The number of hydrogen-bond donors (Lipinski definition) is 1. The first kappa shape index (κ1) is 15.2. The molecule has 0 spiro atoms. The van der Waals surface area contributed by atoms with Gasteiger partial charge < -0.3 is 15.0 Å². The molecule has 0 aliphatic carbocycles. The van der Waals surface area contributed by atoms with E-state index in [-0.39, 0.29) is 0 Å². The molecule has 0 bridgehead atoms. The zero-order chi connectivity index (χ0) is 13.7. The summed E-state index contributed by atoms with van der Waals surface area (Å²) in [7, 11) is 2.06. The third kappa shape index (κ3) is 4.15. The molecule has 0 aromatic heterocycles. The molecule has 2 atom stereocenters. The average Bonchev–Trinajstić information content (AvgIpc) is 2.88. The molecule has 1 N–H and O–H groups in total. The summed E-state index contributed by atoms with van der Waals surface area (Å²) >= 11 is 0. The first-order valence-corrected chi connectivity index (χ1v) is 7.85. The number of ether oxygens (including phenoxy) is 1. The summed E-state index contributed by atoms with van der Waals surface area (Å²) in [6.07, 6.45) is 2.58. The first-order valence-electron chi connectivity index (χ1n) is 7.85.